The highest BCUT2D eigenvalue weighted by Crippen LogP contribution is 2.41. The van der Waals surface area contributed by atoms with E-state index < -0.39 is 23.0 Å². The highest BCUT2D eigenvalue weighted by molar-refractivity contribution is 5.69. The largest absolute Gasteiger partial charge is 0.497 e. The molecule has 5 aromatic rings. The van der Waals surface area contributed by atoms with Gasteiger partial charge >= 0.3 is 5.69 Å². The minimum absolute atomic E-state index is 0.0278. The molecule has 10 heteroatoms. The van der Waals surface area contributed by atoms with Gasteiger partial charge in [0.25, 0.3) is 5.56 Å². The van der Waals surface area contributed by atoms with Crippen molar-refractivity contribution in [2.75, 3.05) is 20.8 Å². The fraction of sp³-hybridized carbons (Fsp3) is 0.258. The van der Waals surface area contributed by atoms with Crippen LogP contribution in [0.3, 0.4) is 0 Å². The topological polar surface area (TPSA) is 110 Å². The predicted molar refractivity (Wildman–Crippen MR) is 154 cm³/mol. The Balaban J connectivity index is 1.56. The summed E-state index contributed by atoms with van der Waals surface area (Å²) in [6.45, 7) is -0.0568. The van der Waals surface area contributed by atoms with Crippen LogP contribution in [0.2, 0.25) is 0 Å². The van der Waals surface area contributed by atoms with Crippen LogP contribution in [-0.2, 0) is 31.0 Å². The quantitative estimate of drug-likeness (QED) is 0.264. The first kappa shape index (κ1) is 27.9. The summed E-state index contributed by atoms with van der Waals surface area (Å²) in [6, 6.07) is 25.0. The third-order valence-corrected chi connectivity index (χ3v) is 7.29. The molecule has 0 aliphatic carbocycles. The van der Waals surface area contributed by atoms with Crippen molar-refractivity contribution in [2.45, 2.75) is 18.2 Å². The van der Waals surface area contributed by atoms with Gasteiger partial charge in [0.05, 0.1) is 39.8 Å². The first-order valence-corrected chi connectivity index (χ1v) is 13.1. The molecule has 1 N–H and O–H groups in total. The molecule has 10 nitrogen and oxygen atoms in total. The molecule has 212 valence electrons. The Morgan fingerprint density at radius 1 is 0.805 bits per heavy atom. The van der Waals surface area contributed by atoms with Gasteiger partial charge in [-0.1, -0.05) is 54.6 Å². The van der Waals surface area contributed by atoms with Gasteiger partial charge in [-0.05, 0) is 41.0 Å². The lowest BCUT2D eigenvalue weighted by Crippen LogP contribution is -2.38. The summed E-state index contributed by atoms with van der Waals surface area (Å²) in [7, 11) is 6.19. The first-order valence-electron chi connectivity index (χ1n) is 13.1. The lowest BCUT2D eigenvalue weighted by Gasteiger charge is -2.36. The number of rotatable bonds is 10. The monoisotopic (exact) mass is 556 g/mol. The molecule has 0 aliphatic rings. The number of imidazole rings is 1. The van der Waals surface area contributed by atoms with Crippen LogP contribution in [-0.4, -0.2) is 50.7 Å². The maximum atomic E-state index is 12.9. The third-order valence-electron chi connectivity index (χ3n) is 7.29. The van der Waals surface area contributed by atoms with E-state index in [1.165, 1.54) is 17.9 Å². The van der Waals surface area contributed by atoms with Gasteiger partial charge in [0.15, 0.2) is 11.2 Å². The van der Waals surface area contributed by atoms with Crippen LogP contribution >= 0.6 is 0 Å². The van der Waals surface area contributed by atoms with E-state index >= 15 is 0 Å². The minimum atomic E-state index is -1.10. The zero-order chi connectivity index (χ0) is 29.1. The summed E-state index contributed by atoms with van der Waals surface area (Å²) in [5.74, 6) is 1.40. The number of aliphatic hydroxyl groups excluding tert-OH is 1. The number of aliphatic hydroxyl groups is 1. The average Bonchev–Trinajstić information content (AvgIpc) is 3.43. The van der Waals surface area contributed by atoms with Crippen molar-refractivity contribution in [3.63, 3.8) is 0 Å². The maximum Gasteiger partial charge on any atom is 0.332 e. The second kappa shape index (κ2) is 11.4. The van der Waals surface area contributed by atoms with Crippen molar-refractivity contribution >= 4 is 11.2 Å². The van der Waals surface area contributed by atoms with Crippen LogP contribution in [0.15, 0.2) is 94.8 Å². The van der Waals surface area contributed by atoms with Gasteiger partial charge in [-0.2, -0.15) is 0 Å². The van der Waals surface area contributed by atoms with Crippen molar-refractivity contribution in [2.24, 2.45) is 14.1 Å². The van der Waals surface area contributed by atoms with Crippen LogP contribution in [0.25, 0.3) is 11.2 Å². The van der Waals surface area contributed by atoms with Gasteiger partial charge in [0.1, 0.15) is 17.1 Å². The molecule has 0 bridgehead atoms. The number of fused-ring (bicyclic) bond motifs is 1. The second-order valence-corrected chi connectivity index (χ2v) is 9.74. The number of hydrogen-bond acceptors (Lipinski definition) is 7. The lowest BCUT2D eigenvalue weighted by atomic mass is 9.80. The molecule has 3 aromatic carbocycles. The van der Waals surface area contributed by atoms with Crippen LogP contribution in [0.4, 0.5) is 0 Å². The maximum absolute atomic E-state index is 12.9. The zero-order valence-electron chi connectivity index (χ0n) is 23.4. The molecule has 0 fully saturated rings. The van der Waals surface area contributed by atoms with Gasteiger partial charge in [0, 0.05) is 14.1 Å². The van der Waals surface area contributed by atoms with Crippen molar-refractivity contribution < 1.29 is 19.3 Å². The van der Waals surface area contributed by atoms with E-state index in [1.54, 1.807) is 25.8 Å². The Kier molecular flexibility index (Phi) is 7.78. The van der Waals surface area contributed by atoms with Crippen molar-refractivity contribution in [1.29, 1.82) is 0 Å². The smallest absolute Gasteiger partial charge is 0.332 e. The SMILES string of the molecule is COc1ccc(C(OC[C@@H](O)Cn2cnc3c2c(=O)n(C)c(=O)n3C)(c2ccccc2)c2ccc(OC)cc2)cc1. The van der Waals surface area contributed by atoms with Crippen LogP contribution < -0.4 is 20.7 Å². The fourth-order valence-corrected chi connectivity index (χ4v) is 5.11. The molecule has 0 spiro atoms. The van der Waals surface area contributed by atoms with Gasteiger partial charge in [-0.3, -0.25) is 13.9 Å². The molecule has 0 saturated carbocycles. The molecule has 0 amide bonds. The van der Waals surface area contributed by atoms with Gasteiger partial charge in [0.2, 0.25) is 0 Å². The Morgan fingerprint density at radius 2 is 1.34 bits per heavy atom. The van der Waals surface area contributed by atoms with Gasteiger partial charge < -0.3 is 23.9 Å². The molecular formula is C31H32N4O6. The highest BCUT2D eigenvalue weighted by atomic mass is 16.5. The number of aryl methyl sites for hydroxylation is 1. The van der Waals surface area contributed by atoms with E-state index in [4.69, 9.17) is 14.2 Å². The van der Waals surface area contributed by atoms with E-state index in [1.807, 2.05) is 78.9 Å². The van der Waals surface area contributed by atoms with E-state index in [2.05, 4.69) is 4.98 Å². The van der Waals surface area contributed by atoms with Crippen molar-refractivity contribution in [3.8, 4) is 11.5 Å². The number of benzene rings is 3. The van der Waals surface area contributed by atoms with E-state index in [-0.39, 0.29) is 24.3 Å². The van der Waals surface area contributed by atoms with E-state index in [0.717, 1.165) is 21.3 Å². The van der Waals surface area contributed by atoms with Crippen LogP contribution in [0, 0.1) is 0 Å². The Hall–Kier alpha value is -4.67. The molecule has 0 unspecified atom stereocenters. The fourth-order valence-electron chi connectivity index (χ4n) is 5.11. The molecule has 0 radical (unpaired) electrons. The lowest BCUT2D eigenvalue weighted by molar-refractivity contribution is -0.0420. The molecule has 2 heterocycles. The number of methoxy groups -OCH3 is 2. The molecule has 5 rings (SSSR count). The highest BCUT2D eigenvalue weighted by Gasteiger charge is 2.38. The van der Waals surface area contributed by atoms with E-state index in [0.29, 0.717) is 11.5 Å². The summed E-state index contributed by atoms with van der Waals surface area (Å²) in [4.78, 5) is 29.5. The zero-order valence-corrected chi connectivity index (χ0v) is 23.4. The number of nitrogens with zero attached hydrogens (tertiary/aromatic N) is 4. The third kappa shape index (κ3) is 5.03. The normalized spacial score (nSPS) is 12.4. The molecule has 41 heavy (non-hydrogen) atoms. The number of ether oxygens (including phenoxy) is 3. The van der Waals surface area contributed by atoms with Crippen molar-refractivity contribution in [3.05, 3.63) is 123 Å². The van der Waals surface area contributed by atoms with Gasteiger partial charge in [-0.15, -0.1) is 0 Å². The van der Waals surface area contributed by atoms with Crippen molar-refractivity contribution in [1.82, 2.24) is 18.7 Å². The number of hydrogen-bond donors (Lipinski definition) is 1. The molecule has 0 aliphatic heterocycles. The predicted octanol–water partition coefficient (Wildman–Crippen LogP) is 2.82. The molecule has 0 saturated heterocycles. The Morgan fingerprint density at radius 3 is 1.88 bits per heavy atom. The first-order chi connectivity index (χ1) is 19.8. The van der Waals surface area contributed by atoms with Gasteiger partial charge in [-0.25, -0.2) is 9.78 Å². The summed E-state index contributed by atoms with van der Waals surface area (Å²) in [5.41, 5.74) is 0.955. The second-order valence-electron chi connectivity index (χ2n) is 9.74. The summed E-state index contributed by atoms with van der Waals surface area (Å²) in [5, 5.41) is 11.2. The Bertz CT molecular complexity index is 1710. The average molecular weight is 557 g/mol. The standard InChI is InChI=1S/C31H32N4O6/c1-33-28-27(29(37)34(2)30(33)38)35(20-32-28)18-24(36)19-41-31(21-8-6-5-7-9-21,22-10-14-25(39-3)15-11-22)23-12-16-26(40-4)17-13-23/h5-17,20,24,36H,18-19H2,1-4H3/t24-/m0/s1. The van der Waals surface area contributed by atoms with E-state index in [9.17, 15) is 14.7 Å². The molecule has 2 aromatic heterocycles. The van der Waals surface area contributed by atoms with Crippen LogP contribution in [0.5, 0.6) is 11.5 Å². The Labute approximate surface area is 236 Å². The summed E-state index contributed by atoms with van der Waals surface area (Å²) < 4.78 is 21.4. The summed E-state index contributed by atoms with van der Waals surface area (Å²) >= 11 is 0. The minimum Gasteiger partial charge on any atom is -0.497 e. The molecule has 1 atom stereocenters. The van der Waals surface area contributed by atoms with Crippen LogP contribution in [0.1, 0.15) is 16.7 Å². The molecular weight excluding hydrogens is 524 g/mol. The number of aromatic nitrogens is 4. The summed E-state index contributed by atoms with van der Waals surface area (Å²) in [6.07, 6.45) is 0.431.